The zero-order valence-corrected chi connectivity index (χ0v) is 13.4. The molecular formula is C16H20ClN5. The number of rotatable bonds is 5. The Hall–Kier alpha value is -1.72. The first-order valence-corrected chi connectivity index (χ1v) is 7.91. The van der Waals surface area contributed by atoms with Crippen molar-refractivity contribution in [3.63, 3.8) is 0 Å². The van der Waals surface area contributed by atoms with Crippen molar-refractivity contribution in [1.82, 2.24) is 15.0 Å². The molecule has 2 aromatic rings. The van der Waals surface area contributed by atoms with E-state index in [1.807, 2.05) is 25.1 Å². The van der Waals surface area contributed by atoms with Crippen LogP contribution in [0.3, 0.4) is 0 Å². The Morgan fingerprint density at radius 3 is 2.73 bits per heavy atom. The van der Waals surface area contributed by atoms with Gasteiger partial charge in [0.15, 0.2) is 5.82 Å². The molecule has 0 bridgehead atoms. The second-order valence-corrected chi connectivity index (χ2v) is 6.30. The average Bonchev–Trinajstić information content (AvgIpc) is 2.51. The number of anilines is 1. The summed E-state index contributed by atoms with van der Waals surface area (Å²) in [5, 5.41) is 3.87. The van der Waals surface area contributed by atoms with E-state index in [2.05, 4.69) is 20.3 Å². The lowest BCUT2D eigenvalue weighted by Gasteiger charge is -2.41. The summed E-state index contributed by atoms with van der Waals surface area (Å²) in [5.41, 5.74) is 7.68. The number of halogens is 1. The van der Waals surface area contributed by atoms with E-state index in [-0.39, 0.29) is 5.41 Å². The fourth-order valence-electron chi connectivity index (χ4n) is 2.67. The molecule has 2 aromatic heterocycles. The summed E-state index contributed by atoms with van der Waals surface area (Å²) < 4.78 is 0. The largest absolute Gasteiger partial charge is 0.369 e. The molecule has 116 valence electrons. The third kappa shape index (κ3) is 2.91. The molecule has 0 atom stereocenters. The molecule has 1 saturated carbocycles. The maximum Gasteiger partial charge on any atom is 0.181 e. The van der Waals surface area contributed by atoms with Crippen molar-refractivity contribution in [2.75, 3.05) is 18.4 Å². The van der Waals surface area contributed by atoms with E-state index in [1.54, 1.807) is 6.20 Å². The molecule has 0 aliphatic heterocycles. The average molecular weight is 318 g/mol. The standard InChI is InChI=1S/C16H20ClN5/c1-11-13(17)21-15(12-5-2-3-8-19-12)22-14(11)20-10-16(9-18)6-4-7-16/h2-3,5,8H,4,6-7,9-10,18H2,1H3,(H,20,21,22). The maximum atomic E-state index is 6.26. The van der Waals surface area contributed by atoms with Crippen LogP contribution in [0.25, 0.3) is 11.5 Å². The van der Waals surface area contributed by atoms with Gasteiger partial charge in [0, 0.05) is 18.3 Å². The van der Waals surface area contributed by atoms with E-state index >= 15 is 0 Å². The number of aromatic nitrogens is 3. The van der Waals surface area contributed by atoms with Crippen molar-refractivity contribution in [2.45, 2.75) is 26.2 Å². The number of nitrogens with zero attached hydrogens (tertiary/aromatic N) is 3. The van der Waals surface area contributed by atoms with E-state index in [0.29, 0.717) is 23.2 Å². The summed E-state index contributed by atoms with van der Waals surface area (Å²) in [5.74, 6) is 1.30. The minimum absolute atomic E-state index is 0.203. The first-order valence-electron chi connectivity index (χ1n) is 7.53. The Morgan fingerprint density at radius 1 is 1.32 bits per heavy atom. The van der Waals surface area contributed by atoms with Crippen LogP contribution in [0.1, 0.15) is 24.8 Å². The fourth-order valence-corrected chi connectivity index (χ4v) is 2.84. The molecule has 1 aliphatic rings. The molecule has 0 radical (unpaired) electrons. The Balaban J connectivity index is 1.86. The molecule has 0 unspecified atom stereocenters. The van der Waals surface area contributed by atoms with Gasteiger partial charge in [0.2, 0.25) is 0 Å². The van der Waals surface area contributed by atoms with Gasteiger partial charge in [-0.2, -0.15) is 0 Å². The Bertz CT molecular complexity index is 650. The van der Waals surface area contributed by atoms with E-state index in [9.17, 15) is 0 Å². The van der Waals surface area contributed by atoms with Gasteiger partial charge in [-0.1, -0.05) is 24.1 Å². The first-order chi connectivity index (χ1) is 10.6. The quantitative estimate of drug-likeness (QED) is 0.829. The Kier molecular flexibility index (Phi) is 4.27. The highest BCUT2D eigenvalue weighted by molar-refractivity contribution is 6.30. The number of hydrogen-bond acceptors (Lipinski definition) is 5. The van der Waals surface area contributed by atoms with Crippen molar-refractivity contribution in [1.29, 1.82) is 0 Å². The summed E-state index contributed by atoms with van der Waals surface area (Å²) in [7, 11) is 0. The zero-order chi connectivity index (χ0) is 15.6. The zero-order valence-electron chi connectivity index (χ0n) is 12.6. The predicted octanol–water partition coefficient (Wildman–Crippen LogP) is 3.04. The third-order valence-electron chi connectivity index (χ3n) is 4.46. The van der Waals surface area contributed by atoms with Gasteiger partial charge in [-0.3, -0.25) is 4.98 Å². The van der Waals surface area contributed by atoms with Gasteiger partial charge in [-0.15, -0.1) is 0 Å². The van der Waals surface area contributed by atoms with Gasteiger partial charge in [0.25, 0.3) is 0 Å². The Morgan fingerprint density at radius 2 is 2.14 bits per heavy atom. The monoisotopic (exact) mass is 317 g/mol. The van der Waals surface area contributed by atoms with Crippen LogP contribution in [-0.2, 0) is 0 Å². The van der Waals surface area contributed by atoms with Crippen LogP contribution in [0.2, 0.25) is 5.15 Å². The molecule has 0 amide bonds. The summed E-state index contributed by atoms with van der Waals surface area (Å²) in [6.07, 6.45) is 5.31. The highest BCUT2D eigenvalue weighted by atomic mass is 35.5. The van der Waals surface area contributed by atoms with Crippen LogP contribution < -0.4 is 11.1 Å². The number of pyridine rings is 1. The number of hydrogen-bond donors (Lipinski definition) is 2. The van der Waals surface area contributed by atoms with Gasteiger partial charge in [-0.25, -0.2) is 9.97 Å². The molecule has 1 fully saturated rings. The highest BCUT2D eigenvalue weighted by Crippen LogP contribution is 2.40. The van der Waals surface area contributed by atoms with Gasteiger partial charge >= 0.3 is 0 Å². The molecule has 6 heteroatoms. The molecular weight excluding hydrogens is 298 g/mol. The molecule has 22 heavy (non-hydrogen) atoms. The molecule has 0 saturated heterocycles. The normalized spacial score (nSPS) is 16.1. The van der Waals surface area contributed by atoms with Crippen LogP contribution in [0.5, 0.6) is 0 Å². The number of nitrogens with one attached hydrogen (secondary N) is 1. The summed E-state index contributed by atoms with van der Waals surface area (Å²) >= 11 is 6.26. The number of nitrogens with two attached hydrogens (primary N) is 1. The smallest absolute Gasteiger partial charge is 0.181 e. The molecule has 0 aromatic carbocycles. The summed E-state index contributed by atoms with van der Waals surface area (Å²) in [4.78, 5) is 13.2. The Labute approximate surface area is 135 Å². The van der Waals surface area contributed by atoms with Crippen molar-refractivity contribution >= 4 is 17.4 Å². The minimum atomic E-state index is 0.203. The molecule has 2 heterocycles. The summed E-state index contributed by atoms with van der Waals surface area (Å²) in [6.45, 7) is 3.44. The van der Waals surface area contributed by atoms with E-state index < -0.39 is 0 Å². The van der Waals surface area contributed by atoms with Gasteiger partial charge in [-0.05, 0) is 43.9 Å². The van der Waals surface area contributed by atoms with Gasteiger partial charge in [0.05, 0.1) is 0 Å². The van der Waals surface area contributed by atoms with Crippen LogP contribution in [0.4, 0.5) is 5.82 Å². The van der Waals surface area contributed by atoms with Crippen molar-refractivity contribution in [2.24, 2.45) is 11.1 Å². The lowest BCUT2D eigenvalue weighted by molar-refractivity contribution is 0.163. The van der Waals surface area contributed by atoms with Crippen LogP contribution in [-0.4, -0.2) is 28.0 Å². The lowest BCUT2D eigenvalue weighted by Crippen LogP contribution is -2.43. The molecule has 3 N–H and O–H groups in total. The lowest BCUT2D eigenvalue weighted by atomic mass is 9.69. The second-order valence-electron chi connectivity index (χ2n) is 5.94. The molecule has 5 nitrogen and oxygen atoms in total. The van der Waals surface area contributed by atoms with Crippen LogP contribution in [0.15, 0.2) is 24.4 Å². The van der Waals surface area contributed by atoms with Gasteiger partial charge in [0.1, 0.15) is 16.7 Å². The minimum Gasteiger partial charge on any atom is -0.369 e. The predicted molar refractivity (Wildman–Crippen MR) is 88.8 cm³/mol. The third-order valence-corrected chi connectivity index (χ3v) is 4.83. The fraction of sp³-hybridized carbons (Fsp3) is 0.438. The van der Waals surface area contributed by atoms with Gasteiger partial charge < -0.3 is 11.1 Å². The van der Waals surface area contributed by atoms with E-state index in [4.69, 9.17) is 17.3 Å². The molecule has 1 aliphatic carbocycles. The highest BCUT2D eigenvalue weighted by Gasteiger charge is 2.35. The van der Waals surface area contributed by atoms with Crippen molar-refractivity contribution in [3.05, 3.63) is 35.1 Å². The van der Waals surface area contributed by atoms with Crippen LogP contribution in [0, 0.1) is 12.3 Å². The molecule has 3 rings (SSSR count). The maximum absolute atomic E-state index is 6.26. The van der Waals surface area contributed by atoms with Crippen molar-refractivity contribution < 1.29 is 0 Å². The molecule has 0 spiro atoms. The SMILES string of the molecule is Cc1c(Cl)nc(-c2ccccn2)nc1NCC1(CN)CCC1. The van der Waals surface area contributed by atoms with Crippen LogP contribution >= 0.6 is 11.6 Å². The summed E-state index contributed by atoms with van der Waals surface area (Å²) in [6, 6.07) is 5.64. The second kappa shape index (κ2) is 6.18. The van der Waals surface area contributed by atoms with E-state index in [1.165, 1.54) is 19.3 Å². The first kappa shape index (κ1) is 15.2. The van der Waals surface area contributed by atoms with Crippen molar-refractivity contribution in [3.8, 4) is 11.5 Å². The van der Waals surface area contributed by atoms with E-state index in [0.717, 1.165) is 17.9 Å². The topological polar surface area (TPSA) is 76.7 Å².